The van der Waals surface area contributed by atoms with E-state index in [2.05, 4.69) is 243 Å². The summed E-state index contributed by atoms with van der Waals surface area (Å²) in [6, 6.07) is 86.6. The maximum absolute atomic E-state index is 3.49. The molecule has 10 aromatic rings. The van der Waals surface area contributed by atoms with Gasteiger partial charge in [0.1, 0.15) is 0 Å². The molecule has 10 aromatic carbocycles. The van der Waals surface area contributed by atoms with E-state index in [9.17, 15) is 0 Å². The van der Waals surface area contributed by atoms with E-state index in [1.54, 1.807) is 13.2 Å². The summed E-state index contributed by atoms with van der Waals surface area (Å²) in [5.74, 6) is 0. The fraction of sp³-hybridized carbons (Fsp3) is 0.0625. The minimum absolute atomic E-state index is 0.0905. The summed E-state index contributed by atoms with van der Waals surface area (Å²) in [6.45, 7) is 4.76. The summed E-state index contributed by atoms with van der Waals surface area (Å²) in [6.07, 6.45) is 0. The second-order valence-electron chi connectivity index (χ2n) is 19.5. The molecule has 1 nitrogen and oxygen atoms in total. The Hall–Kier alpha value is -7.46. The molecular weight excluding hydrogens is 855 g/mol. The predicted octanol–water partition coefficient (Wildman–Crippen LogP) is 13.1. The average molecular weight is 899 g/mol. The number of hydrogen-bond donors (Lipinski definition) is 0. The van der Waals surface area contributed by atoms with Crippen molar-refractivity contribution in [3.8, 4) is 55.6 Å². The molecule has 0 unspecified atom stereocenters. The normalized spacial score (nSPS) is 15.5. The first-order chi connectivity index (χ1) is 32.5. The number of anilines is 3. The molecule has 0 N–H and O–H groups in total. The first-order valence-corrected chi connectivity index (χ1v) is 27.6. The van der Waals surface area contributed by atoms with Gasteiger partial charge in [0, 0.05) is 0 Å². The second-order valence-corrected chi connectivity index (χ2v) is 27.1. The third kappa shape index (κ3) is 4.34. The Labute approximate surface area is 388 Å². The second kappa shape index (κ2) is 12.9. The molecule has 0 atom stereocenters. The van der Waals surface area contributed by atoms with Crippen LogP contribution in [-0.2, 0) is 10.8 Å². The minimum atomic E-state index is -3.49. The zero-order valence-electron chi connectivity index (χ0n) is 36.8. The van der Waals surface area contributed by atoms with Crippen molar-refractivity contribution in [2.24, 2.45) is 0 Å². The molecule has 2 spiro atoms. The Balaban J connectivity index is 1.02. The van der Waals surface area contributed by atoms with Crippen LogP contribution in [0.4, 0.5) is 17.1 Å². The van der Waals surface area contributed by atoms with Gasteiger partial charge >= 0.3 is 391 Å². The molecule has 0 saturated carbocycles. The van der Waals surface area contributed by atoms with Gasteiger partial charge in [-0.05, 0) is 0 Å². The van der Waals surface area contributed by atoms with E-state index in [1.807, 2.05) is 0 Å². The molecule has 0 fully saturated rings. The molecule has 0 amide bonds. The quantitative estimate of drug-likeness (QED) is 0.160. The van der Waals surface area contributed by atoms with Crippen molar-refractivity contribution in [2.45, 2.75) is 24.7 Å². The topological polar surface area (TPSA) is 3.24 Å². The van der Waals surface area contributed by atoms with Gasteiger partial charge in [-0.15, -0.1) is 0 Å². The van der Waals surface area contributed by atoms with Crippen LogP contribution in [0.1, 0.15) is 47.2 Å². The number of benzene rings is 10. The van der Waals surface area contributed by atoms with Crippen molar-refractivity contribution in [2.75, 3.05) is 4.90 Å². The van der Waals surface area contributed by atoms with E-state index in [0.29, 0.717) is 0 Å². The fourth-order valence-electron chi connectivity index (χ4n) is 13.7. The van der Waals surface area contributed by atoms with Crippen molar-refractivity contribution in [3.05, 3.63) is 258 Å². The Kier molecular flexibility index (Phi) is 7.18. The molecule has 5 aliphatic rings. The standard InChI is InChI=1S/C64H43GeN/c1-63(2)53-24-10-3-20-46(53)52-37-40(33-36-54(52)63)66(41-31-34-47-45-19-6-13-27-57(45)64(58(47)38-41)55-25-11-4-17-43(55)44-18-5-12-26-56(44)64)42-32-35-51-50-23-9-16-30-61(50)65(62(51)39-42)59-28-14-7-21-48(59)49-22-8-15-29-60(49)65/h3-39H,1-2H3. The zero-order chi connectivity index (χ0) is 43.5. The fourth-order valence-corrected chi connectivity index (χ4v) is 25.6. The van der Waals surface area contributed by atoms with Crippen LogP contribution in [0.2, 0.25) is 0 Å². The Morgan fingerprint density at radius 2 is 0.621 bits per heavy atom. The van der Waals surface area contributed by atoms with E-state index in [0.717, 1.165) is 5.69 Å². The number of hydrogen-bond acceptors (Lipinski definition) is 1. The number of nitrogens with zero attached hydrogens (tertiary/aromatic N) is 1. The van der Waals surface area contributed by atoms with Gasteiger partial charge in [0.15, 0.2) is 0 Å². The van der Waals surface area contributed by atoms with Crippen molar-refractivity contribution in [1.29, 1.82) is 0 Å². The molecule has 0 saturated heterocycles. The molecule has 0 aromatic heterocycles. The van der Waals surface area contributed by atoms with Gasteiger partial charge in [-0.1, -0.05) is 0 Å². The van der Waals surface area contributed by atoms with Crippen molar-refractivity contribution in [3.63, 3.8) is 0 Å². The molecule has 0 bridgehead atoms. The summed E-state index contributed by atoms with van der Waals surface area (Å²) >= 11 is -3.49. The van der Waals surface area contributed by atoms with Crippen LogP contribution in [0.15, 0.2) is 224 Å². The van der Waals surface area contributed by atoms with Crippen LogP contribution in [-0.4, -0.2) is 13.3 Å². The molecule has 15 rings (SSSR count). The van der Waals surface area contributed by atoms with Crippen LogP contribution < -0.4 is 22.5 Å². The molecule has 2 heteroatoms. The summed E-state index contributed by atoms with van der Waals surface area (Å²) < 4.78 is 6.15. The monoisotopic (exact) mass is 899 g/mol. The van der Waals surface area contributed by atoms with E-state index < -0.39 is 18.7 Å². The van der Waals surface area contributed by atoms with E-state index >= 15 is 0 Å². The summed E-state index contributed by atoms with van der Waals surface area (Å²) in [5.41, 5.74) is 24.7. The third-order valence-corrected chi connectivity index (χ3v) is 26.7. The molecule has 3 aliphatic carbocycles. The van der Waals surface area contributed by atoms with E-state index in [-0.39, 0.29) is 5.41 Å². The Bertz CT molecular complexity index is 3460. The Morgan fingerprint density at radius 1 is 0.273 bits per heavy atom. The SMILES string of the molecule is CC1(C)c2ccccc2-c2cc(N(c3ccc4c(c3)C3(c5ccccc5-c5ccccc53)c3ccccc3-4)c3ccc4[c](c3)[Ge]3([c]5ccccc5-c5cccc[c]53)[c]3ccccc3-4)ccc21. The van der Waals surface area contributed by atoms with Crippen LogP contribution in [0.25, 0.3) is 55.6 Å². The van der Waals surface area contributed by atoms with Gasteiger partial charge < -0.3 is 0 Å². The molecule has 66 heavy (non-hydrogen) atoms. The summed E-state index contributed by atoms with van der Waals surface area (Å²) in [4.78, 5) is 2.59. The first-order valence-electron chi connectivity index (χ1n) is 23.4. The third-order valence-electron chi connectivity index (χ3n) is 16.3. The first kappa shape index (κ1) is 36.8. The molecule has 2 aliphatic heterocycles. The van der Waals surface area contributed by atoms with Gasteiger partial charge in [0.2, 0.25) is 0 Å². The van der Waals surface area contributed by atoms with Gasteiger partial charge in [-0.3, -0.25) is 0 Å². The van der Waals surface area contributed by atoms with Gasteiger partial charge in [-0.2, -0.15) is 0 Å². The summed E-state index contributed by atoms with van der Waals surface area (Å²) in [5, 5.41) is 0. The van der Waals surface area contributed by atoms with Gasteiger partial charge in [-0.25, -0.2) is 0 Å². The zero-order valence-corrected chi connectivity index (χ0v) is 38.9. The van der Waals surface area contributed by atoms with Crippen LogP contribution in [0.3, 0.4) is 0 Å². The van der Waals surface area contributed by atoms with Crippen LogP contribution in [0.5, 0.6) is 0 Å². The van der Waals surface area contributed by atoms with Crippen molar-refractivity contribution >= 4 is 47.9 Å². The number of rotatable bonds is 3. The average Bonchev–Trinajstić information content (AvgIpc) is 4.10. The van der Waals surface area contributed by atoms with Gasteiger partial charge in [0.25, 0.3) is 0 Å². The van der Waals surface area contributed by atoms with Gasteiger partial charge in [0.05, 0.1) is 0 Å². The van der Waals surface area contributed by atoms with E-state index in [1.165, 1.54) is 105 Å². The Morgan fingerprint density at radius 3 is 1.15 bits per heavy atom. The number of fused-ring (bicyclic) bond motifs is 23. The van der Waals surface area contributed by atoms with E-state index in [4.69, 9.17) is 0 Å². The summed E-state index contributed by atoms with van der Waals surface area (Å²) in [7, 11) is 0. The molecular formula is C64H43GeN. The maximum atomic E-state index is 2.62. The van der Waals surface area contributed by atoms with Crippen LogP contribution in [0, 0.1) is 0 Å². The molecule has 2 heterocycles. The van der Waals surface area contributed by atoms with Crippen molar-refractivity contribution in [1.82, 2.24) is 0 Å². The molecule has 308 valence electrons. The van der Waals surface area contributed by atoms with Crippen molar-refractivity contribution < 1.29 is 0 Å². The van der Waals surface area contributed by atoms with Crippen LogP contribution >= 0.6 is 0 Å². The molecule has 0 radical (unpaired) electrons. The predicted molar refractivity (Wildman–Crippen MR) is 277 cm³/mol.